The molecule has 3 atom stereocenters. The fraction of sp³-hybridized carbons (Fsp3) is 0.762. The summed E-state index contributed by atoms with van der Waals surface area (Å²) in [7, 11) is 1.58. The summed E-state index contributed by atoms with van der Waals surface area (Å²) in [5, 5.41) is 3.72. The SMILES string of the molecule is COCC(=O)N1CCC2(CCc3c(N[C@@H]4C[C@@H]5CC[C@H]4O5)nc(C)nc32)CC1. The molecule has 4 heterocycles. The molecule has 5 rings (SSSR count). The second-order valence-electron chi connectivity index (χ2n) is 8.90. The smallest absolute Gasteiger partial charge is 0.248 e. The van der Waals surface area contributed by atoms with Crippen molar-refractivity contribution >= 4 is 11.7 Å². The Kier molecular flexibility index (Phi) is 4.55. The van der Waals surface area contributed by atoms with Crippen LogP contribution in [0.4, 0.5) is 5.82 Å². The van der Waals surface area contributed by atoms with Gasteiger partial charge < -0.3 is 19.7 Å². The van der Waals surface area contributed by atoms with E-state index in [9.17, 15) is 4.79 Å². The minimum atomic E-state index is 0.0908. The van der Waals surface area contributed by atoms with E-state index in [-0.39, 0.29) is 17.9 Å². The normalized spacial score (nSPS) is 30.1. The minimum absolute atomic E-state index is 0.0908. The zero-order valence-corrected chi connectivity index (χ0v) is 16.9. The molecular formula is C21H30N4O3. The molecule has 1 amide bonds. The maximum absolute atomic E-state index is 12.2. The molecule has 7 heteroatoms. The molecule has 3 fully saturated rings. The molecule has 3 saturated heterocycles. The van der Waals surface area contributed by atoms with Gasteiger partial charge in [-0.1, -0.05) is 0 Å². The lowest BCUT2D eigenvalue weighted by Crippen LogP contribution is -2.45. The summed E-state index contributed by atoms with van der Waals surface area (Å²) < 4.78 is 11.0. The molecule has 28 heavy (non-hydrogen) atoms. The number of aromatic nitrogens is 2. The molecule has 0 saturated carbocycles. The summed E-state index contributed by atoms with van der Waals surface area (Å²) in [4.78, 5) is 23.8. The number of hydrogen-bond acceptors (Lipinski definition) is 6. The standard InChI is InChI=1S/C21H30N4O3/c1-13-22-19-15(20(23-13)24-16-11-14-3-4-17(16)28-14)5-6-21(19)7-9-25(10-8-21)18(26)12-27-2/h14,16-17H,3-12H2,1-2H3,(H,22,23,24)/t14-,16+,17+/m0/s1. The molecule has 0 aromatic carbocycles. The van der Waals surface area contributed by atoms with Crippen molar-refractivity contribution in [3.63, 3.8) is 0 Å². The maximum Gasteiger partial charge on any atom is 0.248 e. The van der Waals surface area contributed by atoms with Gasteiger partial charge in [0.2, 0.25) is 5.91 Å². The van der Waals surface area contributed by atoms with Crippen LogP contribution in [0.15, 0.2) is 0 Å². The van der Waals surface area contributed by atoms with Gasteiger partial charge in [0.05, 0.1) is 23.9 Å². The first kappa shape index (κ1) is 18.3. The summed E-state index contributed by atoms with van der Waals surface area (Å²) in [5.41, 5.74) is 2.62. The van der Waals surface area contributed by atoms with E-state index in [2.05, 4.69) is 5.32 Å². The third-order valence-corrected chi connectivity index (χ3v) is 7.24. The highest BCUT2D eigenvalue weighted by Gasteiger charge is 2.46. The van der Waals surface area contributed by atoms with Crippen molar-refractivity contribution in [1.82, 2.24) is 14.9 Å². The lowest BCUT2D eigenvalue weighted by atomic mass is 9.76. The van der Waals surface area contributed by atoms with Gasteiger partial charge in [-0.3, -0.25) is 4.79 Å². The van der Waals surface area contributed by atoms with Crippen molar-refractivity contribution in [2.45, 2.75) is 75.5 Å². The van der Waals surface area contributed by atoms with Crippen molar-refractivity contribution < 1.29 is 14.3 Å². The van der Waals surface area contributed by atoms with E-state index >= 15 is 0 Å². The number of anilines is 1. The highest BCUT2D eigenvalue weighted by Crippen LogP contribution is 2.47. The van der Waals surface area contributed by atoms with E-state index in [1.807, 2.05) is 11.8 Å². The number of amides is 1. The fourth-order valence-corrected chi connectivity index (χ4v) is 5.72. The Hall–Kier alpha value is -1.73. The second kappa shape index (κ2) is 6.95. The van der Waals surface area contributed by atoms with Crippen LogP contribution in [0.25, 0.3) is 0 Å². The van der Waals surface area contributed by atoms with Gasteiger partial charge in [-0.15, -0.1) is 0 Å². The van der Waals surface area contributed by atoms with Gasteiger partial charge in [0.1, 0.15) is 18.2 Å². The second-order valence-corrected chi connectivity index (χ2v) is 8.90. The number of nitrogens with one attached hydrogen (secondary N) is 1. The van der Waals surface area contributed by atoms with Crippen molar-refractivity contribution in [2.24, 2.45) is 0 Å². The van der Waals surface area contributed by atoms with Crippen molar-refractivity contribution in [2.75, 3.05) is 32.1 Å². The first-order valence-corrected chi connectivity index (χ1v) is 10.6. The van der Waals surface area contributed by atoms with Crippen LogP contribution in [-0.4, -0.2) is 65.8 Å². The summed E-state index contributed by atoms with van der Waals surface area (Å²) in [6, 6.07) is 0.377. The summed E-state index contributed by atoms with van der Waals surface area (Å²) in [6.45, 7) is 3.73. The first-order chi connectivity index (χ1) is 13.6. The summed E-state index contributed by atoms with van der Waals surface area (Å²) in [5.74, 6) is 1.95. The molecule has 1 N–H and O–H groups in total. The quantitative estimate of drug-likeness (QED) is 0.853. The molecule has 2 bridgehead atoms. The van der Waals surface area contributed by atoms with Crippen LogP contribution in [0.3, 0.4) is 0 Å². The van der Waals surface area contributed by atoms with Gasteiger partial charge in [-0.25, -0.2) is 9.97 Å². The number of carbonyl (C=O) groups excluding carboxylic acids is 1. The number of carbonyl (C=O) groups is 1. The first-order valence-electron chi connectivity index (χ1n) is 10.6. The number of fused-ring (bicyclic) bond motifs is 4. The molecule has 152 valence electrons. The van der Waals surface area contributed by atoms with Gasteiger partial charge in [-0.05, 0) is 51.9 Å². The molecule has 0 unspecified atom stereocenters. The van der Waals surface area contributed by atoms with E-state index in [4.69, 9.17) is 19.4 Å². The Morgan fingerprint density at radius 3 is 2.79 bits per heavy atom. The van der Waals surface area contributed by atoms with E-state index in [1.165, 1.54) is 17.7 Å². The molecule has 1 spiro atoms. The fourth-order valence-electron chi connectivity index (χ4n) is 5.72. The lowest BCUT2D eigenvalue weighted by Gasteiger charge is -2.39. The number of hydrogen-bond donors (Lipinski definition) is 1. The van der Waals surface area contributed by atoms with E-state index in [0.717, 1.165) is 63.3 Å². The van der Waals surface area contributed by atoms with Crippen LogP contribution in [0.5, 0.6) is 0 Å². The Morgan fingerprint density at radius 1 is 1.29 bits per heavy atom. The average Bonchev–Trinajstić information content (AvgIpc) is 3.38. The molecule has 1 aliphatic carbocycles. The van der Waals surface area contributed by atoms with Crippen LogP contribution in [0, 0.1) is 6.92 Å². The molecular weight excluding hydrogens is 356 g/mol. The molecule has 1 aromatic heterocycles. The Bertz CT molecular complexity index is 775. The monoisotopic (exact) mass is 386 g/mol. The van der Waals surface area contributed by atoms with Gasteiger partial charge in [0, 0.05) is 31.2 Å². The molecule has 7 nitrogen and oxygen atoms in total. The summed E-state index contributed by atoms with van der Waals surface area (Å²) in [6.07, 6.45) is 8.28. The van der Waals surface area contributed by atoms with Crippen molar-refractivity contribution in [1.29, 1.82) is 0 Å². The van der Waals surface area contributed by atoms with Gasteiger partial charge >= 0.3 is 0 Å². The number of piperidine rings is 1. The number of likely N-dealkylation sites (tertiary alicyclic amines) is 1. The third kappa shape index (κ3) is 2.99. The van der Waals surface area contributed by atoms with Gasteiger partial charge in [-0.2, -0.15) is 0 Å². The molecule has 1 aromatic rings. The topological polar surface area (TPSA) is 76.6 Å². The van der Waals surface area contributed by atoms with Crippen LogP contribution >= 0.6 is 0 Å². The van der Waals surface area contributed by atoms with Crippen molar-refractivity contribution in [3.8, 4) is 0 Å². The molecule has 3 aliphatic heterocycles. The van der Waals surface area contributed by atoms with E-state index in [0.29, 0.717) is 18.2 Å². The van der Waals surface area contributed by atoms with Gasteiger partial charge in [0.15, 0.2) is 0 Å². The maximum atomic E-state index is 12.2. The molecule has 4 aliphatic rings. The number of aryl methyl sites for hydroxylation is 1. The van der Waals surface area contributed by atoms with Gasteiger partial charge in [0.25, 0.3) is 0 Å². The highest BCUT2D eigenvalue weighted by molar-refractivity contribution is 5.77. The number of methoxy groups -OCH3 is 1. The third-order valence-electron chi connectivity index (χ3n) is 7.24. The van der Waals surface area contributed by atoms with Crippen molar-refractivity contribution in [3.05, 3.63) is 17.1 Å². The lowest BCUT2D eigenvalue weighted by molar-refractivity contribution is -0.136. The van der Waals surface area contributed by atoms with Crippen LogP contribution < -0.4 is 5.32 Å². The predicted molar refractivity (Wildman–Crippen MR) is 104 cm³/mol. The molecule has 0 radical (unpaired) electrons. The summed E-state index contributed by atoms with van der Waals surface area (Å²) >= 11 is 0. The zero-order valence-electron chi connectivity index (χ0n) is 16.9. The predicted octanol–water partition coefficient (Wildman–Crippen LogP) is 1.97. The van der Waals surface area contributed by atoms with E-state index < -0.39 is 0 Å². The Morgan fingerprint density at radius 2 is 2.11 bits per heavy atom. The Labute approximate surface area is 166 Å². The van der Waals surface area contributed by atoms with E-state index in [1.54, 1.807) is 7.11 Å². The number of nitrogens with zero attached hydrogens (tertiary/aromatic N) is 3. The largest absolute Gasteiger partial charge is 0.375 e. The minimum Gasteiger partial charge on any atom is -0.375 e. The number of ether oxygens (including phenoxy) is 2. The van der Waals surface area contributed by atoms with Crippen LogP contribution in [-0.2, 0) is 26.1 Å². The highest BCUT2D eigenvalue weighted by atomic mass is 16.5. The number of rotatable bonds is 4. The zero-order chi connectivity index (χ0) is 19.3. The van der Waals surface area contributed by atoms with Crippen LogP contribution in [0.1, 0.15) is 55.6 Å². The average molecular weight is 386 g/mol. The Balaban J connectivity index is 1.36. The van der Waals surface area contributed by atoms with Crippen LogP contribution in [0.2, 0.25) is 0 Å².